The zero-order valence-corrected chi connectivity index (χ0v) is 6.49. The quantitative estimate of drug-likeness (QED) is 0.543. The summed E-state index contributed by atoms with van der Waals surface area (Å²) in [5.41, 5.74) is 2.54. The van der Waals surface area contributed by atoms with E-state index in [1.165, 1.54) is 11.1 Å². The standard InChI is InChI=1S/C9H10N2/c1-7-4-8-2-3-10-5-9(8)6-11-7/h2-3,5-7H,4H2,1H3. The van der Waals surface area contributed by atoms with Crippen LogP contribution in [0.3, 0.4) is 0 Å². The summed E-state index contributed by atoms with van der Waals surface area (Å²) in [6.45, 7) is 2.12. The Morgan fingerprint density at radius 3 is 3.36 bits per heavy atom. The van der Waals surface area contributed by atoms with Gasteiger partial charge in [-0.15, -0.1) is 0 Å². The number of hydrogen-bond donors (Lipinski definition) is 0. The van der Waals surface area contributed by atoms with Gasteiger partial charge in [0.25, 0.3) is 0 Å². The summed E-state index contributed by atoms with van der Waals surface area (Å²) >= 11 is 0. The van der Waals surface area contributed by atoms with Crippen molar-refractivity contribution in [1.29, 1.82) is 0 Å². The number of hydrogen-bond acceptors (Lipinski definition) is 2. The van der Waals surface area contributed by atoms with Gasteiger partial charge in [0.05, 0.1) is 6.04 Å². The van der Waals surface area contributed by atoms with Gasteiger partial charge in [0.15, 0.2) is 0 Å². The van der Waals surface area contributed by atoms with Crippen LogP contribution in [0.25, 0.3) is 0 Å². The third-order valence-corrected chi connectivity index (χ3v) is 1.93. The van der Waals surface area contributed by atoms with Crippen LogP contribution in [0.4, 0.5) is 0 Å². The highest BCUT2D eigenvalue weighted by atomic mass is 14.8. The SMILES string of the molecule is CC1Cc2ccncc2C=N1. The van der Waals surface area contributed by atoms with E-state index in [9.17, 15) is 0 Å². The van der Waals surface area contributed by atoms with Gasteiger partial charge in [-0.05, 0) is 25.0 Å². The second-order valence-corrected chi connectivity index (χ2v) is 2.91. The molecule has 0 spiro atoms. The van der Waals surface area contributed by atoms with Gasteiger partial charge in [0.1, 0.15) is 0 Å². The first-order chi connectivity index (χ1) is 5.36. The minimum atomic E-state index is 0.435. The molecule has 1 unspecified atom stereocenters. The topological polar surface area (TPSA) is 25.2 Å². The van der Waals surface area contributed by atoms with Crippen LogP contribution in [-0.4, -0.2) is 17.2 Å². The van der Waals surface area contributed by atoms with Crippen molar-refractivity contribution >= 4 is 6.21 Å². The van der Waals surface area contributed by atoms with Gasteiger partial charge in [0.2, 0.25) is 0 Å². The second kappa shape index (κ2) is 2.46. The molecule has 1 aliphatic heterocycles. The normalized spacial score (nSPS) is 21.4. The Hall–Kier alpha value is -1.18. The van der Waals surface area contributed by atoms with E-state index in [1.54, 1.807) is 0 Å². The smallest absolute Gasteiger partial charge is 0.0512 e. The largest absolute Gasteiger partial charge is 0.289 e. The van der Waals surface area contributed by atoms with E-state index >= 15 is 0 Å². The maximum absolute atomic E-state index is 4.31. The van der Waals surface area contributed by atoms with Gasteiger partial charge in [-0.2, -0.15) is 0 Å². The van der Waals surface area contributed by atoms with Crippen LogP contribution in [0.1, 0.15) is 18.1 Å². The number of nitrogens with zero attached hydrogens (tertiary/aromatic N) is 2. The first-order valence-corrected chi connectivity index (χ1v) is 3.82. The fraction of sp³-hybridized carbons (Fsp3) is 0.333. The van der Waals surface area contributed by atoms with Crippen molar-refractivity contribution in [3.05, 3.63) is 29.6 Å². The molecule has 0 fully saturated rings. The average Bonchev–Trinajstić information content (AvgIpc) is 2.04. The van der Waals surface area contributed by atoms with Gasteiger partial charge in [-0.3, -0.25) is 9.98 Å². The molecule has 0 radical (unpaired) electrons. The van der Waals surface area contributed by atoms with Crippen LogP contribution in [0, 0.1) is 0 Å². The van der Waals surface area contributed by atoms with Gasteiger partial charge in [0, 0.05) is 24.2 Å². The number of fused-ring (bicyclic) bond motifs is 1. The number of rotatable bonds is 0. The number of aromatic nitrogens is 1. The minimum Gasteiger partial charge on any atom is -0.289 e. The van der Waals surface area contributed by atoms with Crippen LogP contribution < -0.4 is 0 Å². The predicted molar refractivity (Wildman–Crippen MR) is 45.0 cm³/mol. The molecule has 1 atom stereocenters. The lowest BCUT2D eigenvalue weighted by Gasteiger charge is -2.13. The molecule has 1 aromatic heterocycles. The van der Waals surface area contributed by atoms with E-state index in [-0.39, 0.29) is 0 Å². The van der Waals surface area contributed by atoms with E-state index in [2.05, 4.69) is 23.0 Å². The summed E-state index contributed by atoms with van der Waals surface area (Å²) < 4.78 is 0. The van der Waals surface area contributed by atoms with Crippen LogP contribution in [0.2, 0.25) is 0 Å². The van der Waals surface area contributed by atoms with E-state index < -0.39 is 0 Å². The Balaban J connectivity index is 2.46. The van der Waals surface area contributed by atoms with Crippen LogP contribution in [0.5, 0.6) is 0 Å². The molecule has 2 nitrogen and oxygen atoms in total. The molecule has 2 heteroatoms. The van der Waals surface area contributed by atoms with Gasteiger partial charge >= 0.3 is 0 Å². The monoisotopic (exact) mass is 146 g/mol. The Morgan fingerprint density at radius 1 is 1.55 bits per heavy atom. The second-order valence-electron chi connectivity index (χ2n) is 2.91. The Bertz CT molecular complexity index is 291. The van der Waals surface area contributed by atoms with Crippen molar-refractivity contribution in [2.75, 3.05) is 0 Å². The van der Waals surface area contributed by atoms with Crippen molar-refractivity contribution in [1.82, 2.24) is 4.98 Å². The highest BCUT2D eigenvalue weighted by Crippen LogP contribution is 2.13. The van der Waals surface area contributed by atoms with Gasteiger partial charge in [-0.1, -0.05) is 0 Å². The Kier molecular flexibility index (Phi) is 1.46. The summed E-state index contributed by atoms with van der Waals surface area (Å²) in [4.78, 5) is 8.34. The van der Waals surface area contributed by atoms with E-state index in [1.807, 2.05) is 18.6 Å². The van der Waals surface area contributed by atoms with Gasteiger partial charge in [-0.25, -0.2) is 0 Å². The molecule has 0 aromatic carbocycles. The Morgan fingerprint density at radius 2 is 2.45 bits per heavy atom. The molecule has 0 saturated carbocycles. The maximum atomic E-state index is 4.31. The zero-order valence-electron chi connectivity index (χ0n) is 6.49. The molecule has 0 aliphatic carbocycles. The van der Waals surface area contributed by atoms with Crippen molar-refractivity contribution in [2.24, 2.45) is 4.99 Å². The molecule has 2 heterocycles. The molecule has 2 rings (SSSR count). The third kappa shape index (κ3) is 1.16. The number of aliphatic imine (C=N–C) groups is 1. The van der Waals surface area contributed by atoms with Crippen LogP contribution in [-0.2, 0) is 6.42 Å². The molecule has 1 aliphatic rings. The van der Waals surface area contributed by atoms with Crippen molar-refractivity contribution in [2.45, 2.75) is 19.4 Å². The number of pyridine rings is 1. The van der Waals surface area contributed by atoms with Crippen LogP contribution >= 0.6 is 0 Å². The average molecular weight is 146 g/mol. The fourth-order valence-electron chi connectivity index (χ4n) is 1.32. The lowest BCUT2D eigenvalue weighted by Crippen LogP contribution is -2.11. The highest BCUT2D eigenvalue weighted by molar-refractivity contribution is 5.82. The maximum Gasteiger partial charge on any atom is 0.0512 e. The molecule has 0 amide bonds. The summed E-state index contributed by atoms with van der Waals surface area (Å²) in [5, 5.41) is 0. The van der Waals surface area contributed by atoms with E-state index in [0.717, 1.165) is 6.42 Å². The molecule has 0 saturated heterocycles. The fourth-order valence-corrected chi connectivity index (χ4v) is 1.32. The molecule has 1 aromatic rings. The molecular weight excluding hydrogens is 136 g/mol. The molecule has 0 N–H and O–H groups in total. The highest BCUT2D eigenvalue weighted by Gasteiger charge is 2.09. The van der Waals surface area contributed by atoms with Crippen molar-refractivity contribution in [3.63, 3.8) is 0 Å². The summed E-state index contributed by atoms with van der Waals surface area (Å²) in [6, 6.07) is 2.50. The lowest BCUT2D eigenvalue weighted by atomic mass is 10.0. The summed E-state index contributed by atoms with van der Waals surface area (Å²) in [5.74, 6) is 0. The zero-order chi connectivity index (χ0) is 7.68. The minimum absolute atomic E-state index is 0.435. The molecular formula is C9H10N2. The van der Waals surface area contributed by atoms with Crippen molar-refractivity contribution < 1.29 is 0 Å². The lowest BCUT2D eigenvalue weighted by molar-refractivity contribution is 0.731. The Labute approximate surface area is 66.0 Å². The van der Waals surface area contributed by atoms with Crippen molar-refractivity contribution in [3.8, 4) is 0 Å². The summed E-state index contributed by atoms with van der Waals surface area (Å²) in [6.07, 6.45) is 6.67. The molecule has 11 heavy (non-hydrogen) atoms. The van der Waals surface area contributed by atoms with Gasteiger partial charge < -0.3 is 0 Å². The third-order valence-electron chi connectivity index (χ3n) is 1.93. The predicted octanol–water partition coefficient (Wildman–Crippen LogP) is 1.45. The van der Waals surface area contributed by atoms with E-state index in [4.69, 9.17) is 0 Å². The molecule has 56 valence electrons. The first-order valence-electron chi connectivity index (χ1n) is 3.82. The van der Waals surface area contributed by atoms with Crippen LogP contribution in [0.15, 0.2) is 23.5 Å². The van der Waals surface area contributed by atoms with E-state index in [0.29, 0.717) is 6.04 Å². The summed E-state index contributed by atoms with van der Waals surface area (Å²) in [7, 11) is 0. The molecule has 0 bridgehead atoms. The first kappa shape index (κ1) is 6.53.